The zero-order valence-corrected chi connectivity index (χ0v) is 9.22. The average molecular weight is 216 g/mol. The minimum absolute atomic E-state index is 0.0187. The van der Waals surface area contributed by atoms with E-state index < -0.39 is 10.8 Å². The first-order valence-electron chi connectivity index (χ1n) is 5.28. The highest BCUT2D eigenvalue weighted by molar-refractivity contribution is 7.86. The molecule has 2 unspecified atom stereocenters. The quantitative estimate of drug-likeness (QED) is 0.652. The van der Waals surface area contributed by atoms with Crippen molar-refractivity contribution in [2.75, 3.05) is 6.61 Å². The Balaban J connectivity index is 1.99. The third kappa shape index (κ3) is 1.72. The first-order chi connectivity index (χ1) is 6.72. The maximum Gasteiger partial charge on any atom is 0.309 e. The van der Waals surface area contributed by atoms with Gasteiger partial charge in [-0.15, -0.1) is 0 Å². The number of rotatable bonds is 2. The fourth-order valence-corrected chi connectivity index (χ4v) is 4.61. The molecule has 2 bridgehead atoms. The van der Waals surface area contributed by atoms with Crippen LogP contribution >= 0.6 is 0 Å². The average Bonchev–Trinajstić information content (AvgIpc) is 2.42. The van der Waals surface area contributed by atoms with Crippen molar-refractivity contribution in [3.05, 3.63) is 0 Å². The normalized spacial score (nSPS) is 40.9. The lowest BCUT2D eigenvalue weighted by Crippen LogP contribution is -2.33. The highest BCUT2D eigenvalue weighted by Gasteiger charge is 2.43. The molecule has 14 heavy (non-hydrogen) atoms. The third-order valence-electron chi connectivity index (χ3n) is 3.18. The summed E-state index contributed by atoms with van der Waals surface area (Å²) in [4.78, 5) is 11.5. The van der Waals surface area contributed by atoms with Crippen LogP contribution in [0.1, 0.15) is 32.6 Å². The highest BCUT2D eigenvalue weighted by atomic mass is 32.2. The van der Waals surface area contributed by atoms with Crippen molar-refractivity contribution >= 4 is 16.8 Å². The molecule has 0 aliphatic carbocycles. The second kappa shape index (κ2) is 4.01. The van der Waals surface area contributed by atoms with Crippen molar-refractivity contribution in [3.8, 4) is 0 Å². The van der Waals surface area contributed by atoms with Crippen LogP contribution in [0.15, 0.2) is 0 Å². The summed E-state index contributed by atoms with van der Waals surface area (Å²) in [6.45, 7) is 2.28. The van der Waals surface area contributed by atoms with Crippen molar-refractivity contribution in [1.29, 1.82) is 0 Å². The lowest BCUT2D eigenvalue weighted by atomic mass is 10.00. The van der Waals surface area contributed by atoms with Crippen LogP contribution in [-0.4, -0.2) is 27.3 Å². The van der Waals surface area contributed by atoms with Gasteiger partial charge in [0, 0.05) is 21.3 Å². The van der Waals surface area contributed by atoms with Gasteiger partial charge in [0.2, 0.25) is 0 Å². The minimum atomic E-state index is -0.668. The van der Waals surface area contributed by atoms with E-state index in [4.69, 9.17) is 4.74 Å². The Morgan fingerprint density at radius 3 is 2.43 bits per heavy atom. The lowest BCUT2D eigenvalue weighted by molar-refractivity contribution is -0.148. The molecule has 0 aromatic rings. The third-order valence-corrected chi connectivity index (χ3v) is 5.35. The smallest absolute Gasteiger partial charge is 0.309 e. The minimum Gasteiger partial charge on any atom is -0.466 e. The van der Waals surface area contributed by atoms with E-state index in [1.807, 2.05) is 6.92 Å². The Kier molecular flexibility index (Phi) is 2.91. The van der Waals surface area contributed by atoms with Crippen LogP contribution in [0.25, 0.3) is 0 Å². The van der Waals surface area contributed by atoms with Crippen LogP contribution in [0.5, 0.6) is 0 Å². The summed E-state index contributed by atoms with van der Waals surface area (Å²) in [5, 5.41) is 0.534. The molecule has 3 nitrogen and oxygen atoms in total. The number of hydrogen-bond donors (Lipinski definition) is 0. The van der Waals surface area contributed by atoms with Crippen LogP contribution in [0.3, 0.4) is 0 Å². The number of carbonyl (C=O) groups excluding carboxylic acids is 1. The second-order valence-electron chi connectivity index (χ2n) is 4.07. The Morgan fingerprint density at radius 1 is 1.36 bits per heavy atom. The van der Waals surface area contributed by atoms with Gasteiger partial charge in [-0.2, -0.15) is 0 Å². The molecule has 0 spiro atoms. The fraction of sp³-hybridized carbons (Fsp3) is 0.900. The van der Waals surface area contributed by atoms with Gasteiger partial charge in [-0.05, 0) is 32.6 Å². The molecule has 0 aromatic heterocycles. The van der Waals surface area contributed by atoms with Gasteiger partial charge < -0.3 is 4.74 Å². The molecule has 2 aliphatic heterocycles. The van der Waals surface area contributed by atoms with Crippen molar-refractivity contribution in [2.24, 2.45) is 5.92 Å². The lowest BCUT2D eigenvalue weighted by Gasteiger charge is -2.25. The summed E-state index contributed by atoms with van der Waals surface area (Å²) in [6.07, 6.45) is 3.63. The summed E-state index contributed by atoms with van der Waals surface area (Å²) in [7, 11) is -0.668. The molecule has 2 heterocycles. The Bertz CT molecular complexity index is 248. The summed E-state index contributed by atoms with van der Waals surface area (Å²) in [6, 6.07) is 0. The molecule has 0 saturated carbocycles. The molecule has 2 atom stereocenters. The fourth-order valence-electron chi connectivity index (χ4n) is 2.49. The SMILES string of the molecule is CCOC(=O)C1CC2CCC(C1)S2=O. The van der Waals surface area contributed by atoms with E-state index in [2.05, 4.69) is 0 Å². The van der Waals surface area contributed by atoms with Crippen LogP contribution < -0.4 is 0 Å². The zero-order chi connectivity index (χ0) is 10.1. The Labute approximate surface area is 86.7 Å². The number of esters is 1. The number of hydrogen-bond acceptors (Lipinski definition) is 3. The van der Waals surface area contributed by atoms with Gasteiger partial charge in [-0.3, -0.25) is 9.00 Å². The van der Waals surface area contributed by atoms with E-state index >= 15 is 0 Å². The van der Waals surface area contributed by atoms with E-state index in [1.165, 1.54) is 0 Å². The summed E-state index contributed by atoms with van der Waals surface area (Å²) >= 11 is 0. The molecule has 2 fully saturated rings. The molecule has 0 N–H and O–H groups in total. The van der Waals surface area contributed by atoms with E-state index in [0.717, 1.165) is 25.7 Å². The van der Waals surface area contributed by atoms with Gasteiger partial charge in [0.25, 0.3) is 0 Å². The molecule has 0 amide bonds. The van der Waals surface area contributed by atoms with Crippen LogP contribution in [0.2, 0.25) is 0 Å². The standard InChI is InChI=1S/C10H16O3S/c1-2-13-10(11)7-5-8-3-4-9(6-7)14(8)12/h7-9H,2-6H2,1H3. The van der Waals surface area contributed by atoms with E-state index in [-0.39, 0.29) is 22.4 Å². The number of fused-ring (bicyclic) bond motifs is 2. The summed E-state index contributed by atoms with van der Waals surface area (Å²) < 4.78 is 16.7. The highest BCUT2D eigenvalue weighted by Crippen LogP contribution is 2.38. The molecular formula is C10H16O3S. The monoisotopic (exact) mass is 216 g/mol. The van der Waals surface area contributed by atoms with Crippen molar-refractivity contribution in [1.82, 2.24) is 0 Å². The first kappa shape index (κ1) is 10.1. The largest absolute Gasteiger partial charge is 0.466 e. The van der Waals surface area contributed by atoms with Crippen LogP contribution in [0.4, 0.5) is 0 Å². The summed E-state index contributed by atoms with van der Waals surface area (Å²) in [5.74, 6) is -0.0637. The van der Waals surface area contributed by atoms with Gasteiger partial charge in [0.05, 0.1) is 12.5 Å². The van der Waals surface area contributed by atoms with Gasteiger partial charge in [-0.25, -0.2) is 0 Å². The van der Waals surface area contributed by atoms with Gasteiger partial charge in [-0.1, -0.05) is 0 Å². The molecular weight excluding hydrogens is 200 g/mol. The zero-order valence-electron chi connectivity index (χ0n) is 8.40. The second-order valence-corrected chi connectivity index (χ2v) is 6.06. The Morgan fingerprint density at radius 2 is 1.93 bits per heavy atom. The van der Waals surface area contributed by atoms with Gasteiger partial charge in [0.15, 0.2) is 0 Å². The van der Waals surface area contributed by atoms with Crippen LogP contribution in [-0.2, 0) is 20.3 Å². The predicted molar refractivity (Wildman–Crippen MR) is 54.3 cm³/mol. The van der Waals surface area contributed by atoms with Crippen LogP contribution in [0, 0.1) is 5.92 Å². The van der Waals surface area contributed by atoms with Gasteiger partial charge in [0.1, 0.15) is 0 Å². The summed E-state index contributed by atoms with van der Waals surface area (Å²) in [5.41, 5.74) is 0. The van der Waals surface area contributed by atoms with Crippen molar-refractivity contribution < 1.29 is 13.7 Å². The Hall–Kier alpha value is -0.380. The van der Waals surface area contributed by atoms with Crippen molar-refractivity contribution in [3.63, 3.8) is 0 Å². The molecule has 80 valence electrons. The molecule has 4 heteroatoms. The van der Waals surface area contributed by atoms with E-state index in [0.29, 0.717) is 6.61 Å². The van der Waals surface area contributed by atoms with Gasteiger partial charge >= 0.3 is 5.97 Å². The number of carbonyl (C=O) groups is 1. The maximum atomic E-state index is 11.7. The van der Waals surface area contributed by atoms with E-state index in [1.54, 1.807) is 0 Å². The van der Waals surface area contributed by atoms with E-state index in [9.17, 15) is 9.00 Å². The molecule has 2 rings (SSSR count). The number of ether oxygens (including phenoxy) is 1. The molecule has 0 radical (unpaired) electrons. The predicted octanol–water partition coefficient (Wildman–Crippen LogP) is 1.24. The molecule has 2 saturated heterocycles. The molecule has 2 aliphatic rings. The molecule has 0 aromatic carbocycles. The topological polar surface area (TPSA) is 43.4 Å². The first-order valence-corrected chi connectivity index (χ1v) is 6.56. The maximum absolute atomic E-state index is 11.7. The van der Waals surface area contributed by atoms with Crippen molar-refractivity contribution in [2.45, 2.75) is 43.1 Å².